The molecule has 0 aliphatic heterocycles. The Hall–Kier alpha value is -3.89. The molecule has 0 amide bonds. The van der Waals surface area contributed by atoms with Gasteiger partial charge in [0.05, 0.1) is 23.4 Å². The smallest absolute Gasteiger partial charge is 0.417 e. The first-order valence-electron chi connectivity index (χ1n) is 11.3. The Balaban J connectivity index is 1.79. The molecule has 3 aromatic rings. The zero-order chi connectivity index (χ0) is 26.7. The number of aromatic nitrogens is 2. The number of halogens is 6. The van der Waals surface area contributed by atoms with E-state index < -0.39 is 47.3 Å². The number of alkyl halides is 3. The van der Waals surface area contributed by atoms with Crippen LogP contribution in [0, 0.1) is 17.5 Å². The van der Waals surface area contributed by atoms with Gasteiger partial charge in [-0.2, -0.15) is 13.2 Å². The summed E-state index contributed by atoms with van der Waals surface area (Å²) in [6.07, 6.45) is -2.83. The van der Waals surface area contributed by atoms with E-state index in [0.717, 1.165) is 12.1 Å². The van der Waals surface area contributed by atoms with Gasteiger partial charge in [0.25, 0.3) is 0 Å². The van der Waals surface area contributed by atoms with Gasteiger partial charge in [-0.05, 0) is 67.7 Å². The van der Waals surface area contributed by atoms with Crippen molar-refractivity contribution in [3.8, 4) is 5.88 Å². The number of hydrogen-bond donors (Lipinski definition) is 0. The minimum Gasteiger partial charge on any atom is -0.472 e. The average molecular weight is 522 g/mol. The summed E-state index contributed by atoms with van der Waals surface area (Å²) in [6.45, 7) is 0.977. The van der Waals surface area contributed by atoms with Gasteiger partial charge >= 0.3 is 12.1 Å². The lowest BCUT2D eigenvalue weighted by molar-refractivity contribution is -0.137. The third kappa shape index (κ3) is 5.60. The van der Waals surface area contributed by atoms with Crippen molar-refractivity contribution in [2.75, 3.05) is 6.61 Å². The third-order valence-corrected chi connectivity index (χ3v) is 5.76. The van der Waals surface area contributed by atoms with E-state index in [0.29, 0.717) is 48.4 Å². The monoisotopic (exact) mass is 522 g/mol. The van der Waals surface area contributed by atoms with Crippen molar-refractivity contribution in [1.82, 2.24) is 9.97 Å². The summed E-state index contributed by atoms with van der Waals surface area (Å²) in [5.74, 6) is -4.79. The highest BCUT2D eigenvalue weighted by molar-refractivity contribution is 5.94. The largest absolute Gasteiger partial charge is 0.472 e. The molecule has 4 rings (SSSR count). The SMILES string of the molecule is CCOC(=O)c1cccc(C2=C(c3cc(C(F)(F)F)cnc3OCc3c(F)ccc(F)c3F)CCC2)n1. The molecule has 194 valence electrons. The average Bonchev–Trinajstić information content (AvgIpc) is 3.36. The van der Waals surface area contributed by atoms with Crippen LogP contribution in [-0.2, 0) is 17.5 Å². The van der Waals surface area contributed by atoms with Crippen molar-refractivity contribution in [1.29, 1.82) is 0 Å². The first kappa shape index (κ1) is 26.2. The molecule has 5 nitrogen and oxygen atoms in total. The van der Waals surface area contributed by atoms with Crippen LogP contribution in [0.1, 0.15) is 59.1 Å². The molecule has 0 bridgehead atoms. The number of nitrogens with zero attached hydrogens (tertiary/aromatic N) is 2. The zero-order valence-corrected chi connectivity index (χ0v) is 19.5. The van der Waals surface area contributed by atoms with Gasteiger partial charge in [-0.1, -0.05) is 6.07 Å². The number of benzene rings is 1. The molecule has 1 aromatic carbocycles. The van der Waals surface area contributed by atoms with Gasteiger partial charge in [0.1, 0.15) is 18.1 Å². The van der Waals surface area contributed by atoms with Crippen LogP contribution in [0.4, 0.5) is 26.3 Å². The summed E-state index contributed by atoms with van der Waals surface area (Å²) < 4.78 is 92.8. The summed E-state index contributed by atoms with van der Waals surface area (Å²) >= 11 is 0. The first-order chi connectivity index (χ1) is 17.6. The highest BCUT2D eigenvalue weighted by Gasteiger charge is 2.33. The van der Waals surface area contributed by atoms with Crippen LogP contribution in [0.2, 0.25) is 0 Å². The molecule has 1 aliphatic rings. The number of carbonyl (C=O) groups excluding carboxylic acids is 1. The molecular formula is C26H20F6N2O3. The summed E-state index contributed by atoms with van der Waals surface area (Å²) in [5, 5.41) is 0. The van der Waals surface area contributed by atoms with Crippen molar-refractivity contribution in [2.24, 2.45) is 0 Å². The van der Waals surface area contributed by atoms with Gasteiger partial charge in [-0.15, -0.1) is 0 Å². The minimum absolute atomic E-state index is 0.0359. The Morgan fingerprint density at radius 1 is 1.03 bits per heavy atom. The van der Waals surface area contributed by atoms with Crippen LogP contribution in [0.5, 0.6) is 5.88 Å². The highest BCUT2D eigenvalue weighted by atomic mass is 19.4. The molecule has 0 unspecified atom stereocenters. The molecule has 0 fully saturated rings. The predicted octanol–water partition coefficient (Wildman–Crippen LogP) is 6.76. The molecule has 2 heterocycles. The fraction of sp³-hybridized carbons (Fsp3) is 0.269. The molecule has 11 heteroatoms. The Morgan fingerprint density at radius 2 is 1.76 bits per heavy atom. The predicted molar refractivity (Wildman–Crippen MR) is 121 cm³/mol. The van der Waals surface area contributed by atoms with Gasteiger partial charge in [-0.3, -0.25) is 0 Å². The number of pyridine rings is 2. The Labute approximate surface area is 207 Å². The van der Waals surface area contributed by atoms with E-state index in [9.17, 15) is 31.1 Å². The van der Waals surface area contributed by atoms with Gasteiger partial charge < -0.3 is 9.47 Å². The zero-order valence-electron chi connectivity index (χ0n) is 19.5. The molecule has 2 aromatic heterocycles. The normalized spacial score (nSPS) is 13.7. The summed E-state index contributed by atoms with van der Waals surface area (Å²) in [7, 11) is 0. The van der Waals surface area contributed by atoms with E-state index in [4.69, 9.17) is 9.47 Å². The summed E-state index contributed by atoms with van der Waals surface area (Å²) in [4.78, 5) is 20.2. The van der Waals surface area contributed by atoms with Crippen LogP contribution >= 0.6 is 0 Å². The van der Waals surface area contributed by atoms with Crippen LogP contribution in [0.25, 0.3) is 11.1 Å². The molecule has 0 N–H and O–H groups in total. The summed E-state index contributed by atoms with van der Waals surface area (Å²) in [5.41, 5.74) is -0.412. The van der Waals surface area contributed by atoms with Gasteiger partial charge in [-0.25, -0.2) is 27.9 Å². The number of hydrogen-bond acceptors (Lipinski definition) is 5. The number of esters is 1. The van der Waals surface area contributed by atoms with Crippen molar-refractivity contribution in [3.63, 3.8) is 0 Å². The number of ether oxygens (including phenoxy) is 2. The van der Waals surface area contributed by atoms with Gasteiger partial charge in [0.15, 0.2) is 11.6 Å². The topological polar surface area (TPSA) is 61.3 Å². The van der Waals surface area contributed by atoms with E-state index in [1.807, 2.05) is 0 Å². The summed E-state index contributed by atoms with van der Waals surface area (Å²) in [6, 6.07) is 6.83. The van der Waals surface area contributed by atoms with E-state index in [1.54, 1.807) is 19.1 Å². The second-order valence-corrected chi connectivity index (χ2v) is 8.12. The van der Waals surface area contributed by atoms with Gasteiger partial charge in [0, 0.05) is 11.8 Å². The second kappa shape index (κ2) is 10.6. The standard InChI is InChI=1S/C26H20F6N2O3/c1-2-36-25(35)22-8-4-7-21(34-22)16-6-3-5-15(16)17-11-14(26(30,31)32)12-33-24(17)37-13-18-19(27)9-10-20(28)23(18)29/h4,7-12H,2-3,5-6,13H2,1H3. The highest BCUT2D eigenvalue weighted by Crippen LogP contribution is 2.43. The van der Waals surface area contributed by atoms with Crippen LogP contribution in [-0.4, -0.2) is 22.5 Å². The minimum atomic E-state index is -4.72. The molecule has 37 heavy (non-hydrogen) atoms. The molecule has 0 spiro atoms. The van der Waals surface area contributed by atoms with Crippen molar-refractivity contribution >= 4 is 17.1 Å². The maximum absolute atomic E-state index is 14.1. The molecule has 0 radical (unpaired) electrons. The van der Waals surface area contributed by atoms with Gasteiger partial charge in [0.2, 0.25) is 5.88 Å². The molecule has 0 saturated carbocycles. The second-order valence-electron chi connectivity index (χ2n) is 8.12. The Morgan fingerprint density at radius 3 is 2.49 bits per heavy atom. The lowest BCUT2D eigenvalue weighted by Crippen LogP contribution is -2.10. The third-order valence-electron chi connectivity index (χ3n) is 5.76. The van der Waals surface area contributed by atoms with Crippen molar-refractivity contribution in [3.05, 3.63) is 88.1 Å². The lowest BCUT2D eigenvalue weighted by Gasteiger charge is -2.16. The maximum atomic E-state index is 14.1. The maximum Gasteiger partial charge on any atom is 0.417 e. The number of allylic oxidation sites excluding steroid dienone is 2. The van der Waals surface area contributed by atoms with E-state index >= 15 is 0 Å². The van der Waals surface area contributed by atoms with E-state index in [-0.39, 0.29) is 23.7 Å². The van der Waals surface area contributed by atoms with Crippen LogP contribution in [0.15, 0.2) is 42.6 Å². The molecule has 0 atom stereocenters. The molecular weight excluding hydrogens is 502 g/mol. The fourth-order valence-electron chi connectivity index (χ4n) is 4.03. The first-order valence-corrected chi connectivity index (χ1v) is 11.3. The number of carbonyl (C=O) groups is 1. The van der Waals surface area contributed by atoms with Crippen molar-refractivity contribution < 1.29 is 40.6 Å². The van der Waals surface area contributed by atoms with E-state index in [2.05, 4.69) is 9.97 Å². The lowest BCUT2D eigenvalue weighted by atomic mass is 9.99. The Kier molecular flexibility index (Phi) is 7.51. The molecule has 0 saturated heterocycles. The number of rotatable bonds is 7. The van der Waals surface area contributed by atoms with Crippen LogP contribution in [0.3, 0.4) is 0 Å². The quantitative estimate of drug-likeness (QED) is 0.195. The van der Waals surface area contributed by atoms with Crippen molar-refractivity contribution in [2.45, 2.75) is 39.0 Å². The van der Waals surface area contributed by atoms with E-state index in [1.165, 1.54) is 6.07 Å². The fourth-order valence-corrected chi connectivity index (χ4v) is 4.03. The Bertz CT molecular complexity index is 1370. The van der Waals surface area contributed by atoms with Crippen LogP contribution < -0.4 is 4.74 Å². The molecule has 1 aliphatic carbocycles.